The molecular weight excluding hydrogens is 407 g/mol. The zero-order valence-electron chi connectivity index (χ0n) is 16.1. The van der Waals surface area contributed by atoms with Gasteiger partial charge in [0.25, 0.3) is 0 Å². The summed E-state index contributed by atoms with van der Waals surface area (Å²) in [6.45, 7) is 1.49. The predicted molar refractivity (Wildman–Crippen MR) is 112 cm³/mol. The first-order valence-electron chi connectivity index (χ1n) is 9.28. The minimum absolute atomic E-state index is 0.00820. The number of anilines is 1. The molecule has 1 atom stereocenters. The number of halogens is 1. The Morgan fingerprint density at radius 2 is 1.87 bits per heavy atom. The number of ketones is 1. The second kappa shape index (κ2) is 8.64. The lowest BCUT2D eigenvalue weighted by Gasteiger charge is -2.18. The minimum atomic E-state index is -0.319. The molecule has 1 aliphatic rings. The zero-order chi connectivity index (χ0) is 21.1. The molecule has 6 nitrogen and oxygen atoms in total. The summed E-state index contributed by atoms with van der Waals surface area (Å²) in [6, 6.07) is 12.9. The van der Waals surface area contributed by atoms with Crippen LogP contribution in [0.2, 0.25) is 0 Å². The first-order chi connectivity index (χ1) is 14.5. The summed E-state index contributed by atoms with van der Waals surface area (Å²) in [5.41, 5.74) is 1.56. The van der Waals surface area contributed by atoms with Crippen molar-refractivity contribution in [1.82, 2.24) is 5.32 Å². The van der Waals surface area contributed by atoms with Gasteiger partial charge in [-0.05, 0) is 42.1 Å². The van der Waals surface area contributed by atoms with E-state index in [9.17, 15) is 14.0 Å². The number of benzene rings is 2. The molecule has 4 rings (SSSR count). The normalized spacial score (nSPS) is 13.1. The van der Waals surface area contributed by atoms with E-state index < -0.39 is 0 Å². The van der Waals surface area contributed by atoms with Crippen molar-refractivity contribution in [3.63, 3.8) is 0 Å². The van der Waals surface area contributed by atoms with Crippen molar-refractivity contribution in [3.8, 4) is 11.5 Å². The summed E-state index contributed by atoms with van der Waals surface area (Å²) in [5, 5.41) is 7.93. The third-order valence-electron chi connectivity index (χ3n) is 4.66. The number of fused-ring (bicyclic) bond motifs is 1. The monoisotopic (exact) mass is 426 g/mol. The summed E-state index contributed by atoms with van der Waals surface area (Å²) in [7, 11) is 0. The van der Waals surface area contributed by atoms with Crippen molar-refractivity contribution in [3.05, 3.63) is 75.7 Å². The number of hydrogen-bond donors (Lipinski definition) is 2. The topological polar surface area (TPSA) is 76.7 Å². The summed E-state index contributed by atoms with van der Waals surface area (Å²) < 4.78 is 24.0. The van der Waals surface area contributed by atoms with Gasteiger partial charge in [-0.3, -0.25) is 14.9 Å². The predicted octanol–water partition coefficient (Wildman–Crippen LogP) is 4.14. The maximum absolute atomic E-state index is 13.3. The van der Waals surface area contributed by atoms with Gasteiger partial charge < -0.3 is 14.8 Å². The third kappa shape index (κ3) is 4.34. The van der Waals surface area contributed by atoms with Crippen LogP contribution in [0.15, 0.2) is 53.9 Å². The highest BCUT2D eigenvalue weighted by atomic mass is 32.1. The molecule has 1 aliphatic heterocycles. The molecule has 30 heavy (non-hydrogen) atoms. The Bertz CT molecular complexity index is 1070. The molecule has 0 aliphatic carbocycles. The van der Waals surface area contributed by atoms with E-state index in [2.05, 4.69) is 10.6 Å². The molecule has 2 N–H and O–H groups in total. The standard InChI is InChI=1S/C22H19FN2O4S/c1-13(26)16-9-18-19(29-12-28-18)10-17(16)25-21(27)11-24-22(20-3-2-8-30-20)14-4-6-15(23)7-5-14/h2-10,22,24H,11-12H2,1H3,(H,25,27). The number of amides is 1. The number of carbonyl (C=O) groups is 2. The Hall–Kier alpha value is -3.23. The van der Waals surface area contributed by atoms with Crippen LogP contribution >= 0.6 is 11.3 Å². The Morgan fingerprint density at radius 3 is 2.53 bits per heavy atom. The Labute approximate surface area is 176 Å². The second-order valence-electron chi connectivity index (χ2n) is 6.74. The second-order valence-corrected chi connectivity index (χ2v) is 7.72. The number of thiophene rings is 1. The molecule has 0 spiro atoms. The highest BCUT2D eigenvalue weighted by molar-refractivity contribution is 7.10. The largest absolute Gasteiger partial charge is 0.454 e. The third-order valence-corrected chi connectivity index (χ3v) is 5.60. The van der Waals surface area contributed by atoms with E-state index in [0.717, 1.165) is 10.4 Å². The lowest BCUT2D eigenvalue weighted by Crippen LogP contribution is -2.32. The van der Waals surface area contributed by atoms with Gasteiger partial charge in [-0.1, -0.05) is 18.2 Å². The molecule has 1 unspecified atom stereocenters. The number of hydrogen-bond acceptors (Lipinski definition) is 6. The lowest BCUT2D eigenvalue weighted by molar-refractivity contribution is -0.115. The van der Waals surface area contributed by atoms with Crippen LogP contribution in [-0.4, -0.2) is 25.0 Å². The van der Waals surface area contributed by atoms with Crippen molar-refractivity contribution < 1.29 is 23.5 Å². The van der Waals surface area contributed by atoms with E-state index in [1.807, 2.05) is 17.5 Å². The minimum Gasteiger partial charge on any atom is -0.454 e. The highest BCUT2D eigenvalue weighted by Crippen LogP contribution is 2.37. The van der Waals surface area contributed by atoms with Crippen LogP contribution in [0.3, 0.4) is 0 Å². The number of rotatable bonds is 7. The molecule has 0 bridgehead atoms. The Kier molecular flexibility index (Phi) is 5.78. The van der Waals surface area contributed by atoms with Gasteiger partial charge in [0.2, 0.25) is 12.7 Å². The molecule has 0 saturated carbocycles. The molecule has 1 aromatic heterocycles. The molecule has 0 fully saturated rings. The van der Waals surface area contributed by atoms with Gasteiger partial charge in [0, 0.05) is 16.5 Å². The fourth-order valence-electron chi connectivity index (χ4n) is 3.22. The van der Waals surface area contributed by atoms with E-state index in [-0.39, 0.29) is 36.9 Å². The first kappa shape index (κ1) is 20.1. The summed E-state index contributed by atoms with van der Waals surface area (Å²) in [5.74, 6) is 0.122. The summed E-state index contributed by atoms with van der Waals surface area (Å²) >= 11 is 1.54. The van der Waals surface area contributed by atoms with E-state index >= 15 is 0 Å². The van der Waals surface area contributed by atoms with Crippen molar-refractivity contribution in [2.75, 3.05) is 18.7 Å². The van der Waals surface area contributed by atoms with Crippen LogP contribution in [0.5, 0.6) is 11.5 Å². The number of nitrogens with one attached hydrogen (secondary N) is 2. The first-order valence-corrected chi connectivity index (χ1v) is 10.2. The van der Waals surface area contributed by atoms with E-state index in [1.165, 1.54) is 19.1 Å². The van der Waals surface area contributed by atoms with Crippen molar-refractivity contribution in [2.45, 2.75) is 13.0 Å². The molecule has 154 valence electrons. The molecule has 0 saturated heterocycles. The van der Waals surface area contributed by atoms with Gasteiger partial charge in [0.05, 0.1) is 18.3 Å². The zero-order valence-corrected chi connectivity index (χ0v) is 16.9. The van der Waals surface area contributed by atoms with Crippen molar-refractivity contribution >= 4 is 28.7 Å². The molecule has 2 aromatic carbocycles. The fourth-order valence-corrected chi connectivity index (χ4v) is 4.05. The van der Waals surface area contributed by atoms with Crippen LogP contribution in [0.4, 0.5) is 10.1 Å². The van der Waals surface area contributed by atoms with E-state index in [4.69, 9.17) is 9.47 Å². The SMILES string of the molecule is CC(=O)c1cc2c(cc1NC(=O)CNC(c1ccc(F)cc1)c1cccs1)OCO2. The van der Waals surface area contributed by atoms with E-state index in [1.54, 1.807) is 35.6 Å². The van der Waals surface area contributed by atoms with Crippen LogP contribution < -0.4 is 20.1 Å². The molecule has 3 aromatic rings. The molecule has 8 heteroatoms. The van der Waals surface area contributed by atoms with Gasteiger partial charge in [0.1, 0.15) is 5.82 Å². The van der Waals surface area contributed by atoms with Gasteiger partial charge in [0.15, 0.2) is 17.3 Å². The van der Waals surface area contributed by atoms with Crippen molar-refractivity contribution in [1.29, 1.82) is 0 Å². The maximum atomic E-state index is 13.3. The Morgan fingerprint density at radius 1 is 1.13 bits per heavy atom. The van der Waals surface area contributed by atoms with Crippen LogP contribution in [-0.2, 0) is 4.79 Å². The fraction of sp³-hybridized carbons (Fsp3) is 0.182. The van der Waals surface area contributed by atoms with Crippen molar-refractivity contribution in [2.24, 2.45) is 0 Å². The molecule has 1 amide bonds. The van der Waals surface area contributed by atoms with Crippen LogP contribution in [0.1, 0.15) is 33.8 Å². The van der Waals surface area contributed by atoms with Gasteiger partial charge in [-0.25, -0.2) is 4.39 Å². The number of Topliss-reactive ketones (excluding diaryl/α,β-unsaturated/α-hetero) is 1. The van der Waals surface area contributed by atoms with Crippen LogP contribution in [0, 0.1) is 5.82 Å². The van der Waals surface area contributed by atoms with E-state index in [0.29, 0.717) is 22.7 Å². The number of ether oxygens (including phenoxy) is 2. The Balaban J connectivity index is 1.49. The lowest BCUT2D eigenvalue weighted by atomic mass is 10.1. The highest BCUT2D eigenvalue weighted by Gasteiger charge is 2.21. The van der Waals surface area contributed by atoms with Gasteiger partial charge in [-0.2, -0.15) is 0 Å². The average Bonchev–Trinajstić information content (AvgIpc) is 3.40. The summed E-state index contributed by atoms with van der Waals surface area (Å²) in [6.07, 6.45) is 0. The van der Waals surface area contributed by atoms with Gasteiger partial charge >= 0.3 is 0 Å². The molecular formula is C22H19FN2O4S. The van der Waals surface area contributed by atoms with Gasteiger partial charge in [-0.15, -0.1) is 11.3 Å². The number of carbonyl (C=O) groups excluding carboxylic acids is 2. The average molecular weight is 426 g/mol. The molecule has 2 heterocycles. The maximum Gasteiger partial charge on any atom is 0.238 e. The summed E-state index contributed by atoms with van der Waals surface area (Å²) in [4.78, 5) is 25.6. The smallest absolute Gasteiger partial charge is 0.238 e. The van der Waals surface area contributed by atoms with Crippen LogP contribution in [0.25, 0.3) is 0 Å². The quantitative estimate of drug-likeness (QED) is 0.556. The molecule has 0 radical (unpaired) electrons.